The molecule has 0 saturated heterocycles. The molecule has 0 bridgehead atoms. The molecule has 0 fully saturated rings. The van der Waals surface area contributed by atoms with E-state index in [1.54, 1.807) is 26.8 Å². The first-order chi connectivity index (χ1) is 12.1. The minimum atomic E-state index is -4.39. The SMILES string of the molecule is C=CCC(C)C(C#Cc1ccc(CCC)cc1C)(C(C)CC)C(F)(F)F. The van der Waals surface area contributed by atoms with Crippen molar-refractivity contribution < 1.29 is 13.2 Å². The van der Waals surface area contributed by atoms with Crippen molar-refractivity contribution in [2.24, 2.45) is 17.3 Å². The van der Waals surface area contributed by atoms with Gasteiger partial charge in [-0.3, -0.25) is 0 Å². The van der Waals surface area contributed by atoms with Crippen LogP contribution >= 0.6 is 0 Å². The van der Waals surface area contributed by atoms with Crippen molar-refractivity contribution in [2.45, 2.75) is 66.5 Å². The third kappa shape index (κ3) is 4.72. The number of hydrogen-bond donors (Lipinski definition) is 0. The molecule has 1 aromatic carbocycles. The third-order valence-corrected chi connectivity index (χ3v) is 5.39. The number of halogens is 3. The highest BCUT2D eigenvalue weighted by atomic mass is 19.4. The van der Waals surface area contributed by atoms with Gasteiger partial charge in [-0.15, -0.1) is 6.58 Å². The summed E-state index contributed by atoms with van der Waals surface area (Å²) in [5.41, 5.74) is 0.761. The largest absolute Gasteiger partial charge is 0.405 e. The molecule has 0 radical (unpaired) electrons. The van der Waals surface area contributed by atoms with Gasteiger partial charge in [-0.25, -0.2) is 0 Å². The Hall–Kier alpha value is -1.69. The van der Waals surface area contributed by atoms with Crippen molar-refractivity contribution in [3.63, 3.8) is 0 Å². The molecule has 0 N–H and O–H groups in total. The molecule has 0 aromatic heterocycles. The number of aryl methyl sites for hydroxylation is 2. The number of benzene rings is 1. The summed E-state index contributed by atoms with van der Waals surface area (Å²) in [6, 6.07) is 5.84. The molecule has 0 saturated carbocycles. The zero-order chi connectivity index (χ0) is 20.0. The number of alkyl halides is 3. The second-order valence-corrected chi connectivity index (χ2v) is 7.25. The molecule has 0 amide bonds. The van der Waals surface area contributed by atoms with Gasteiger partial charge in [0.15, 0.2) is 0 Å². The fourth-order valence-corrected chi connectivity index (χ4v) is 3.60. The normalized spacial score (nSPS) is 16.2. The lowest BCUT2D eigenvalue weighted by Gasteiger charge is -2.40. The highest BCUT2D eigenvalue weighted by Gasteiger charge is 2.59. The van der Waals surface area contributed by atoms with Crippen molar-refractivity contribution in [1.29, 1.82) is 0 Å². The highest BCUT2D eigenvalue weighted by molar-refractivity contribution is 5.44. The molecule has 0 heterocycles. The fraction of sp³-hybridized carbons (Fsp3) is 0.565. The molecule has 0 aliphatic heterocycles. The smallest absolute Gasteiger partial charge is 0.169 e. The summed E-state index contributed by atoms with van der Waals surface area (Å²) in [5.74, 6) is 4.33. The number of rotatable bonds is 7. The van der Waals surface area contributed by atoms with Crippen LogP contribution in [0.25, 0.3) is 0 Å². The minimum absolute atomic E-state index is 0.285. The van der Waals surface area contributed by atoms with Crippen LogP contribution in [0, 0.1) is 36.0 Å². The van der Waals surface area contributed by atoms with Gasteiger partial charge < -0.3 is 0 Å². The van der Waals surface area contributed by atoms with Crippen molar-refractivity contribution in [1.82, 2.24) is 0 Å². The molecule has 0 spiro atoms. The van der Waals surface area contributed by atoms with E-state index in [9.17, 15) is 13.2 Å². The van der Waals surface area contributed by atoms with E-state index in [0.717, 1.165) is 18.4 Å². The van der Waals surface area contributed by atoms with Gasteiger partial charge >= 0.3 is 6.18 Å². The Labute approximate surface area is 156 Å². The molecule has 3 atom stereocenters. The van der Waals surface area contributed by atoms with Crippen LogP contribution < -0.4 is 0 Å². The Bertz CT molecular complexity index is 660. The van der Waals surface area contributed by atoms with Gasteiger partial charge in [0.05, 0.1) is 0 Å². The van der Waals surface area contributed by atoms with Crippen molar-refractivity contribution in [3.8, 4) is 11.8 Å². The van der Waals surface area contributed by atoms with E-state index in [-0.39, 0.29) is 6.42 Å². The van der Waals surface area contributed by atoms with Gasteiger partial charge in [-0.2, -0.15) is 13.2 Å². The van der Waals surface area contributed by atoms with Crippen LogP contribution in [0.5, 0.6) is 0 Å². The van der Waals surface area contributed by atoms with Crippen LogP contribution in [-0.4, -0.2) is 6.18 Å². The minimum Gasteiger partial charge on any atom is -0.169 e. The zero-order valence-electron chi connectivity index (χ0n) is 16.6. The monoisotopic (exact) mass is 364 g/mol. The summed E-state index contributed by atoms with van der Waals surface area (Å²) < 4.78 is 42.7. The van der Waals surface area contributed by atoms with Gasteiger partial charge in [-0.1, -0.05) is 70.6 Å². The summed E-state index contributed by atoms with van der Waals surface area (Å²) in [4.78, 5) is 0. The van der Waals surface area contributed by atoms with Crippen LogP contribution in [0.15, 0.2) is 30.9 Å². The maximum Gasteiger partial charge on any atom is 0.405 e. The molecule has 3 heteroatoms. The molecule has 3 unspecified atom stereocenters. The Morgan fingerprint density at radius 2 is 1.81 bits per heavy atom. The van der Waals surface area contributed by atoms with Crippen LogP contribution in [-0.2, 0) is 6.42 Å². The van der Waals surface area contributed by atoms with Crippen LogP contribution in [0.1, 0.15) is 63.6 Å². The zero-order valence-corrected chi connectivity index (χ0v) is 16.6. The predicted octanol–water partition coefficient (Wildman–Crippen LogP) is 7.11. The summed E-state index contributed by atoms with van der Waals surface area (Å²) in [6.07, 6.45) is -0.135. The van der Waals surface area contributed by atoms with Gasteiger partial charge in [0, 0.05) is 5.56 Å². The topological polar surface area (TPSA) is 0 Å². The number of hydrogen-bond acceptors (Lipinski definition) is 0. The van der Waals surface area contributed by atoms with Crippen LogP contribution in [0.4, 0.5) is 13.2 Å². The summed E-state index contributed by atoms with van der Waals surface area (Å²) >= 11 is 0. The fourth-order valence-electron chi connectivity index (χ4n) is 3.60. The van der Waals surface area contributed by atoms with Crippen molar-refractivity contribution >= 4 is 0 Å². The molecule has 26 heavy (non-hydrogen) atoms. The Morgan fingerprint density at radius 1 is 1.15 bits per heavy atom. The average Bonchev–Trinajstić information content (AvgIpc) is 2.56. The van der Waals surface area contributed by atoms with E-state index < -0.39 is 23.4 Å². The first-order valence-corrected chi connectivity index (χ1v) is 9.44. The van der Waals surface area contributed by atoms with Gasteiger partial charge in [-0.05, 0) is 48.8 Å². The lowest BCUT2D eigenvalue weighted by molar-refractivity contribution is -0.234. The average molecular weight is 364 g/mol. The molecule has 0 aliphatic rings. The first-order valence-electron chi connectivity index (χ1n) is 9.44. The maximum atomic E-state index is 14.2. The van der Waals surface area contributed by atoms with Gasteiger partial charge in [0.1, 0.15) is 5.41 Å². The third-order valence-electron chi connectivity index (χ3n) is 5.39. The van der Waals surface area contributed by atoms with E-state index in [0.29, 0.717) is 12.0 Å². The molecule has 1 rings (SSSR count). The van der Waals surface area contributed by atoms with Crippen molar-refractivity contribution in [2.75, 3.05) is 0 Å². The summed E-state index contributed by atoms with van der Waals surface area (Å²) in [6.45, 7) is 12.7. The van der Waals surface area contributed by atoms with E-state index in [1.165, 1.54) is 5.56 Å². The Morgan fingerprint density at radius 3 is 2.27 bits per heavy atom. The molecule has 0 aliphatic carbocycles. The van der Waals surface area contributed by atoms with E-state index in [1.807, 2.05) is 25.1 Å². The lowest BCUT2D eigenvalue weighted by atomic mass is 9.65. The Kier molecular flexibility index (Phi) is 8.00. The molecular weight excluding hydrogens is 333 g/mol. The molecule has 1 aromatic rings. The van der Waals surface area contributed by atoms with Crippen LogP contribution in [0.2, 0.25) is 0 Å². The predicted molar refractivity (Wildman–Crippen MR) is 104 cm³/mol. The highest BCUT2D eigenvalue weighted by Crippen LogP contribution is 2.51. The first kappa shape index (κ1) is 22.4. The van der Waals surface area contributed by atoms with E-state index in [2.05, 4.69) is 25.3 Å². The van der Waals surface area contributed by atoms with Crippen molar-refractivity contribution in [3.05, 3.63) is 47.5 Å². The van der Waals surface area contributed by atoms with E-state index >= 15 is 0 Å². The lowest BCUT2D eigenvalue weighted by Crippen LogP contribution is -2.47. The molecule has 0 nitrogen and oxygen atoms in total. The Balaban J connectivity index is 3.47. The van der Waals surface area contributed by atoms with Gasteiger partial charge in [0.2, 0.25) is 0 Å². The maximum absolute atomic E-state index is 14.2. The van der Waals surface area contributed by atoms with E-state index in [4.69, 9.17) is 0 Å². The molecule has 144 valence electrons. The quantitative estimate of drug-likeness (QED) is 0.357. The second kappa shape index (κ2) is 9.31. The summed E-state index contributed by atoms with van der Waals surface area (Å²) in [5, 5.41) is 0. The molecular formula is C23H31F3. The van der Waals surface area contributed by atoms with Gasteiger partial charge in [0.25, 0.3) is 0 Å². The second-order valence-electron chi connectivity index (χ2n) is 7.25. The summed E-state index contributed by atoms with van der Waals surface area (Å²) in [7, 11) is 0. The number of allylic oxidation sites excluding steroid dienone is 1. The standard InChI is InChI=1S/C23H31F3/c1-7-10-19(6)22(18(5)9-3,23(24,25)26)15-14-21-13-12-20(11-8-2)16-17(21)4/h7,12-13,16,18-19H,1,8-11H2,2-6H3. The van der Waals surface area contributed by atoms with Crippen LogP contribution in [0.3, 0.4) is 0 Å².